The van der Waals surface area contributed by atoms with Gasteiger partial charge in [-0.3, -0.25) is 0 Å². The summed E-state index contributed by atoms with van der Waals surface area (Å²) in [4.78, 5) is 0. The predicted octanol–water partition coefficient (Wildman–Crippen LogP) is 11.6. The zero-order valence-electron chi connectivity index (χ0n) is 24.9. The Morgan fingerprint density at radius 3 is 1.98 bits per heavy atom. The van der Waals surface area contributed by atoms with Crippen LogP contribution in [0.15, 0.2) is 152 Å². The zero-order chi connectivity index (χ0) is 29.4. The van der Waals surface area contributed by atoms with E-state index in [-0.39, 0.29) is 5.41 Å². The number of nitrogens with zero attached hydrogens (tertiary/aromatic N) is 1. The molecule has 1 aliphatic rings. The SMILES string of the molecule is CC1(C)c2ccccc2-c2ccc(-c3ccccc3-c3cccc4c5ccccc5n(-c5ccc6ccccc6c5)c34)cc21. The molecule has 0 bridgehead atoms. The molecule has 0 spiro atoms. The van der Waals surface area contributed by atoms with Gasteiger partial charge in [-0.05, 0) is 74.0 Å². The Balaban J connectivity index is 1.30. The van der Waals surface area contributed by atoms with E-state index < -0.39 is 0 Å². The molecule has 1 nitrogen and oxygen atoms in total. The van der Waals surface area contributed by atoms with Gasteiger partial charge in [0.1, 0.15) is 0 Å². The molecule has 7 aromatic carbocycles. The van der Waals surface area contributed by atoms with Crippen LogP contribution < -0.4 is 0 Å². The van der Waals surface area contributed by atoms with Crippen LogP contribution in [-0.4, -0.2) is 4.57 Å². The van der Waals surface area contributed by atoms with Crippen LogP contribution in [-0.2, 0) is 5.41 Å². The van der Waals surface area contributed by atoms with Crippen molar-refractivity contribution in [2.75, 3.05) is 0 Å². The van der Waals surface area contributed by atoms with Crippen LogP contribution >= 0.6 is 0 Å². The Morgan fingerprint density at radius 2 is 1.09 bits per heavy atom. The van der Waals surface area contributed by atoms with Gasteiger partial charge in [0.05, 0.1) is 11.0 Å². The highest BCUT2D eigenvalue weighted by atomic mass is 15.0. The second-order valence-electron chi connectivity index (χ2n) is 12.6. The molecule has 208 valence electrons. The summed E-state index contributed by atoms with van der Waals surface area (Å²) >= 11 is 0. The van der Waals surface area contributed by atoms with E-state index in [1.807, 2.05) is 0 Å². The molecule has 44 heavy (non-hydrogen) atoms. The van der Waals surface area contributed by atoms with E-state index in [9.17, 15) is 0 Å². The molecule has 1 heterocycles. The van der Waals surface area contributed by atoms with Gasteiger partial charge < -0.3 is 4.57 Å². The van der Waals surface area contributed by atoms with Gasteiger partial charge >= 0.3 is 0 Å². The van der Waals surface area contributed by atoms with Crippen LogP contribution in [0.4, 0.5) is 0 Å². The van der Waals surface area contributed by atoms with Crippen LogP contribution in [0.3, 0.4) is 0 Å². The van der Waals surface area contributed by atoms with Crippen molar-refractivity contribution in [1.29, 1.82) is 0 Å². The maximum atomic E-state index is 2.46. The molecule has 0 radical (unpaired) electrons. The van der Waals surface area contributed by atoms with Gasteiger partial charge in [0.2, 0.25) is 0 Å². The van der Waals surface area contributed by atoms with Gasteiger partial charge in [-0.2, -0.15) is 0 Å². The fourth-order valence-electron chi connectivity index (χ4n) is 7.66. The first-order valence-electron chi connectivity index (χ1n) is 15.5. The molecule has 0 fully saturated rings. The monoisotopic (exact) mass is 561 g/mol. The molecular formula is C43H31N. The Labute approximate surface area is 257 Å². The minimum atomic E-state index is -0.0423. The van der Waals surface area contributed by atoms with Gasteiger partial charge in [-0.15, -0.1) is 0 Å². The van der Waals surface area contributed by atoms with E-state index in [1.54, 1.807) is 0 Å². The average molecular weight is 562 g/mol. The summed E-state index contributed by atoms with van der Waals surface area (Å²) in [6, 6.07) is 55.9. The maximum Gasteiger partial charge on any atom is 0.0619 e. The highest BCUT2D eigenvalue weighted by Gasteiger charge is 2.35. The van der Waals surface area contributed by atoms with Crippen molar-refractivity contribution in [3.8, 4) is 39.1 Å². The van der Waals surface area contributed by atoms with Crippen LogP contribution in [0.1, 0.15) is 25.0 Å². The molecule has 0 atom stereocenters. The molecule has 1 aromatic heterocycles. The smallest absolute Gasteiger partial charge is 0.0619 e. The molecule has 1 aliphatic carbocycles. The van der Waals surface area contributed by atoms with Crippen molar-refractivity contribution in [2.24, 2.45) is 0 Å². The van der Waals surface area contributed by atoms with Crippen LogP contribution in [0, 0.1) is 0 Å². The maximum absolute atomic E-state index is 2.46. The minimum Gasteiger partial charge on any atom is -0.309 e. The van der Waals surface area contributed by atoms with Crippen LogP contribution in [0.25, 0.3) is 71.6 Å². The van der Waals surface area contributed by atoms with E-state index in [4.69, 9.17) is 0 Å². The second kappa shape index (κ2) is 9.30. The first-order chi connectivity index (χ1) is 21.6. The lowest BCUT2D eigenvalue weighted by atomic mass is 9.81. The van der Waals surface area contributed by atoms with E-state index in [1.165, 1.54) is 82.8 Å². The van der Waals surface area contributed by atoms with Gasteiger partial charge in [0.15, 0.2) is 0 Å². The van der Waals surface area contributed by atoms with Crippen molar-refractivity contribution < 1.29 is 0 Å². The number of fused-ring (bicyclic) bond motifs is 7. The first-order valence-corrected chi connectivity index (χ1v) is 15.5. The third-order valence-corrected chi connectivity index (χ3v) is 9.80. The van der Waals surface area contributed by atoms with Gasteiger partial charge in [-0.25, -0.2) is 0 Å². The number of hydrogen-bond acceptors (Lipinski definition) is 0. The molecule has 0 amide bonds. The molecular weight excluding hydrogens is 530 g/mol. The molecule has 0 N–H and O–H groups in total. The van der Waals surface area contributed by atoms with E-state index in [0.717, 1.165) is 0 Å². The number of hydrogen-bond donors (Lipinski definition) is 0. The topological polar surface area (TPSA) is 4.93 Å². The Morgan fingerprint density at radius 1 is 0.432 bits per heavy atom. The fraction of sp³-hybridized carbons (Fsp3) is 0.0698. The normalized spacial score (nSPS) is 13.4. The lowest BCUT2D eigenvalue weighted by Crippen LogP contribution is -2.14. The molecule has 0 saturated carbocycles. The van der Waals surface area contributed by atoms with Gasteiger partial charge in [0.25, 0.3) is 0 Å². The first kappa shape index (κ1) is 25.1. The Kier molecular flexibility index (Phi) is 5.31. The van der Waals surface area contributed by atoms with E-state index in [2.05, 4.69) is 170 Å². The lowest BCUT2D eigenvalue weighted by Gasteiger charge is -2.22. The van der Waals surface area contributed by atoms with E-state index >= 15 is 0 Å². The quantitative estimate of drug-likeness (QED) is 0.202. The summed E-state index contributed by atoms with van der Waals surface area (Å²) < 4.78 is 2.46. The molecule has 1 heteroatoms. The number of aromatic nitrogens is 1. The molecule has 0 aliphatic heterocycles. The molecule has 8 aromatic rings. The molecule has 9 rings (SSSR count). The predicted molar refractivity (Wildman–Crippen MR) is 187 cm³/mol. The second-order valence-corrected chi connectivity index (χ2v) is 12.6. The van der Waals surface area contributed by atoms with Gasteiger partial charge in [-0.1, -0.05) is 141 Å². The Bertz CT molecular complexity index is 2420. The third kappa shape index (κ3) is 3.53. The number of benzene rings is 7. The minimum absolute atomic E-state index is 0.0423. The van der Waals surface area contributed by atoms with Crippen LogP contribution in [0.2, 0.25) is 0 Å². The molecule has 0 saturated heterocycles. The third-order valence-electron chi connectivity index (χ3n) is 9.80. The average Bonchev–Trinajstić information content (AvgIpc) is 3.53. The zero-order valence-corrected chi connectivity index (χ0v) is 24.9. The van der Waals surface area contributed by atoms with Crippen molar-refractivity contribution >= 4 is 32.6 Å². The van der Waals surface area contributed by atoms with Crippen LogP contribution in [0.5, 0.6) is 0 Å². The van der Waals surface area contributed by atoms with Crippen molar-refractivity contribution in [3.63, 3.8) is 0 Å². The largest absolute Gasteiger partial charge is 0.309 e. The number of rotatable bonds is 3. The summed E-state index contributed by atoms with van der Waals surface area (Å²) in [5, 5.41) is 5.04. The summed E-state index contributed by atoms with van der Waals surface area (Å²) in [7, 11) is 0. The summed E-state index contributed by atoms with van der Waals surface area (Å²) in [6.07, 6.45) is 0. The highest BCUT2D eigenvalue weighted by molar-refractivity contribution is 6.14. The van der Waals surface area contributed by atoms with Crippen molar-refractivity contribution in [2.45, 2.75) is 19.3 Å². The summed E-state index contributed by atoms with van der Waals surface area (Å²) in [6.45, 7) is 4.71. The van der Waals surface area contributed by atoms with E-state index in [0.29, 0.717) is 0 Å². The summed E-state index contributed by atoms with van der Waals surface area (Å²) in [5.74, 6) is 0. The lowest BCUT2D eigenvalue weighted by molar-refractivity contribution is 0.660. The highest BCUT2D eigenvalue weighted by Crippen LogP contribution is 2.50. The van der Waals surface area contributed by atoms with Crippen molar-refractivity contribution in [1.82, 2.24) is 4.57 Å². The van der Waals surface area contributed by atoms with Crippen molar-refractivity contribution in [3.05, 3.63) is 163 Å². The van der Waals surface area contributed by atoms with Gasteiger partial charge in [0, 0.05) is 27.4 Å². The fourth-order valence-corrected chi connectivity index (χ4v) is 7.66. The Hall–Kier alpha value is -5.40. The molecule has 0 unspecified atom stereocenters. The summed E-state index contributed by atoms with van der Waals surface area (Å²) in [5.41, 5.74) is 14.1. The standard InChI is InChI=1S/C43H31N/c1-43(2)39-20-9-7-16-34(39)35-25-23-30(27-40(35)43)32-14-5-6-15-33(32)37-18-11-19-38-36-17-8-10-21-41(36)44(42(37)38)31-24-22-28-12-3-4-13-29(28)26-31/h3-27H,1-2H3. The number of para-hydroxylation sites is 2.